The Labute approximate surface area is 114 Å². The van der Waals surface area contributed by atoms with Crippen LogP contribution in [0.2, 0.25) is 0 Å². The summed E-state index contributed by atoms with van der Waals surface area (Å²) in [7, 11) is 0. The van der Waals surface area contributed by atoms with Gasteiger partial charge in [-0.1, -0.05) is 26.2 Å². The minimum Gasteiger partial charge on any atom is -0.399 e. The third kappa shape index (κ3) is 2.22. The van der Waals surface area contributed by atoms with Crippen LogP contribution < -0.4 is 5.73 Å². The zero-order valence-electron chi connectivity index (χ0n) is 11.9. The summed E-state index contributed by atoms with van der Waals surface area (Å²) in [5.74, 6) is 2.01. The molecule has 1 saturated carbocycles. The molecule has 2 N–H and O–H groups in total. The lowest BCUT2D eigenvalue weighted by molar-refractivity contribution is 0.262. The zero-order valence-corrected chi connectivity index (χ0v) is 11.9. The molecule has 0 spiro atoms. The molecular weight excluding hydrogens is 234 g/mol. The molecule has 0 aliphatic heterocycles. The standard InChI is InChI=1S/C16H23N3/c1-3-12-5-4-6-14(9-12)19-11(2)18-15-10-13(17)7-8-16(15)19/h7-8,10,12,14H,3-6,9,17H2,1-2H3. The molecule has 1 aromatic carbocycles. The Hall–Kier alpha value is -1.51. The Kier molecular flexibility index (Phi) is 3.21. The molecule has 0 saturated heterocycles. The van der Waals surface area contributed by atoms with Gasteiger partial charge in [-0.2, -0.15) is 0 Å². The number of anilines is 1. The molecule has 1 fully saturated rings. The number of nitrogen functional groups attached to an aromatic ring is 1. The van der Waals surface area contributed by atoms with Crippen LogP contribution in [0.3, 0.4) is 0 Å². The normalized spacial score (nSPS) is 23.9. The van der Waals surface area contributed by atoms with Crippen LogP contribution in [0, 0.1) is 12.8 Å². The lowest BCUT2D eigenvalue weighted by atomic mass is 9.84. The molecule has 3 heteroatoms. The number of hydrogen-bond donors (Lipinski definition) is 1. The number of aryl methyl sites for hydroxylation is 1. The van der Waals surface area contributed by atoms with Crippen LogP contribution in [-0.4, -0.2) is 9.55 Å². The molecule has 3 nitrogen and oxygen atoms in total. The van der Waals surface area contributed by atoms with Crippen molar-refractivity contribution in [1.29, 1.82) is 0 Å². The van der Waals surface area contributed by atoms with Crippen LogP contribution >= 0.6 is 0 Å². The van der Waals surface area contributed by atoms with E-state index in [1.807, 2.05) is 12.1 Å². The smallest absolute Gasteiger partial charge is 0.106 e. The zero-order chi connectivity index (χ0) is 13.4. The van der Waals surface area contributed by atoms with Crippen LogP contribution in [0.1, 0.15) is 50.9 Å². The maximum Gasteiger partial charge on any atom is 0.106 e. The van der Waals surface area contributed by atoms with Crippen molar-refractivity contribution in [2.45, 2.75) is 52.0 Å². The van der Waals surface area contributed by atoms with Gasteiger partial charge in [0.05, 0.1) is 11.0 Å². The lowest BCUT2D eigenvalue weighted by Crippen LogP contribution is -2.19. The highest BCUT2D eigenvalue weighted by Crippen LogP contribution is 2.36. The van der Waals surface area contributed by atoms with E-state index in [2.05, 4.69) is 29.5 Å². The number of imidazole rings is 1. The van der Waals surface area contributed by atoms with Gasteiger partial charge in [0.15, 0.2) is 0 Å². The van der Waals surface area contributed by atoms with Gasteiger partial charge >= 0.3 is 0 Å². The molecular formula is C16H23N3. The summed E-state index contributed by atoms with van der Waals surface area (Å²) in [4.78, 5) is 4.68. The summed E-state index contributed by atoms with van der Waals surface area (Å²) >= 11 is 0. The highest BCUT2D eigenvalue weighted by atomic mass is 15.1. The van der Waals surface area contributed by atoms with Gasteiger partial charge in [0, 0.05) is 11.7 Å². The highest BCUT2D eigenvalue weighted by molar-refractivity contribution is 5.79. The fourth-order valence-corrected chi connectivity index (χ4v) is 3.57. The molecule has 2 aromatic rings. The Morgan fingerprint density at radius 3 is 3.00 bits per heavy atom. The van der Waals surface area contributed by atoms with Crippen molar-refractivity contribution in [3.05, 3.63) is 24.0 Å². The van der Waals surface area contributed by atoms with E-state index in [-0.39, 0.29) is 0 Å². The Morgan fingerprint density at radius 2 is 2.21 bits per heavy atom. The molecule has 0 bridgehead atoms. The number of fused-ring (bicyclic) bond motifs is 1. The number of benzene rings is 1. The van der Waals surface area contributed by atoms with Gasteiger partial charge in [-0.05, 0) is 43.9 Å². The third-order valence-corrected chi connectivity index (χ3v) is 4.59. The number of rotatable bonds is 2. The first-order valence-corrected chi connectivity index (χ1v) is 7.43. The predicted molar refractivity (Wildman–Crippen MR) is 80.2 cm³/mol. The molecule has 1 aliphatic carbocycles. The number of nitrogens with zero attached hydrogens (tertiary/aromatic N) is 2. The average molecular weight is 257 g/mol. The van der Waals surface area contributed by atoms with E-state index < -0.39 is 0 Å². The molecule has 1 aliphatic rings. The van der Waals surface area contributed by atoms with Crippen LogP contribution in [-0.2, 0) is 0 Å². The van der Waals surface area contributed by atoms with Crippen LogP contribution in [0.4, 0.5) is 5.69 Å². The largest absolute Gasteiger partial charge is 0.399 e. The Morgan fingerprint density at radius 1 is 1.37 bits per heavy atom. The van der Waals surface area contributed by atoms with E-state index in [0.717, 1.165) is 22.9 Å². The average Bonchev–Trinajstić information content (AvgIpc) is 2.73. The second kappa shape index (κ2) is 4.87. The maximum atomic E-state index is 5.86. The number of nitrogens with two attached hydrogens (primary N) is 1. The fraction of sp³-hybridized carbons (Fsp3) is 0.562. The van der Waals surface area contributed by atoms with Crippen molar-refractivity contribution in [2.75, 3.05) is 5.73 Å². The summed E-state index contributed by atoms with van der Waals surface area (Å²) in [6, 6.07) is 6.71. The van der Waals surface area contributed by atoms with E-state index in [0.29, 0.717) is 6.04 Å². The van der Waals surface area contributed by atoms with Crippen molar-refractivity contribution in [3.8, 4) is 0 Å². The van der Waals surface area contributed by atoms with Gasteiger partial charge in [-0.15, -0.1) is 0 Å². The van der Waals surface area contributed by atoms with E-state index in [1.165, 1.54) is 37.6 Å². The highest BCUT2D eigenvalue weighted by Gasteiger charge is 2.24. The first-order chi connectivity index (χ1) is 9.19. The van der Waals surface area contributed by atoms with E-state index in [9.17, 15) is 0 Å². The van der Waals surface area contributed by atoms with Gasteiger partial charge in [0.25, 0.3) is 0 Å². The van der Waals surface area contributed by atoms with Crippen LogP contribution in [0.25, 0.3) is 11.0 Å². The lowest BCUT2D eigenvalue weighted by Gasteiger charge is -2.30. The number of aromatic nitrogens is 2. The predicted octanol–water partition coefficient (Wildman–Crippen LogP) is 4.07. The number of hydrogen-bond acceptors (Lipinski definition) is 2. The first kappa shape index (κ1) is 12.5. The fourth-order valence-electron chi connectivity index (χ4n) is 3.57. The van der Waals surface area contributed by atoms with Crippen molar-refractivity contribution < 1.29 is 0 Å². The van der Waals surface area contributed by atoms with E-state index in [4.69, 9.17) is 5.73 Å². The van der Waals surface area contributed by atoms with Crippen molar-refractivity contribution in [3.63, 3.8) is 0 Å². The van der Waals surface area contributed by atoms with Gasteiger partial charge in [-0.3, -0.25) is 0 Å². The molecule has 2 unspecified atom stereocenters. The van der Waals surface area contributed by atoms with Crippen molar-refractivity contribution >= 4 is 16.7 Å². The first-order valence-electron chi connectivity index (χ1n) is 7.43. The minimum atomic E-state index is 0.618. The summed E-state index contributed by atoms with van der Waals surface area (Å²) in [6.45, 7) is 4.43. The van der Waals surface area contributed by atoms with Gasteiger partial charge < -0.3 is 10.3 Å². The topological polar surface area (TPSA) is 43.8 Å². The Bertz CT molecular complexity index is 585. The van der Waals surface area contributed by atoms with E-state index >= 15 is 0 Å². The minimum absolute atomic E-state index is 0.618. The van der Waals surface area contributed by atoms with Crippen molar-refractivity contribution in [2.24, 2.45) is 5.92 Å². The summed E-state index contributed by atoms with van der Waals surface area (Å²) < 4.78 is 2.44. The molecule has 3 rings (SSSR count). The molecule has 0 amide bonds. The van der Waals surface area contributed by atoms with Gasteiger partial charge in [0.2, 0.25) is 0 Å². The quantitative estimate of drug-likeness (QED) is 0.824. The molecule has 19 heavy (non-hydrogen) atoms. The van der Waals surface area contributed by atoms with Crippen LogP contribution in [0.5, 0.6) is 0 Å². The summed E-state index contributed by atoms with van der Waals surface area (Å²) in [5.41, 5.74) is 8.94. The van der Waals surface area contributed by atoms with E-state index in [1.54, 1.807) is 0 Å². The molecule has 0 radical (unpaired) electrons. The van der Waals surface area contributed by atoms with Crippen LogP contribution in [0.15, 0.2) is 18.2 Å². The Balaban J connectivity index is 2.02. The third-order valence-electron chi connectivity index (χ3n) is 4.59. The SMILES string of the molecule is CCC1CCCC(n2c(C)nc3cc(N)ccc32)C1. The second-order valence-electron chi connectivity index (χ2n) is 5.87. The summed E-state index contributed by atoms with van der Waals surface area (Å²) in [6.07, 6.45) is 6.62. The van der Waals surface area contributed by atoms with Crippen molar-refractivity contribution in [1.82, 2.24) is 9.55 Å². The monoisotopic (exact) mass is 257 g/mol. The van der Waals surface area contributed by atoms with Gasteiger partial charge in [-0.25, -0.2) is 4.98 Å². The second-order valence-corrected chi connectivity index (χ2v) is 5.87. The summed E-state index contributed by atoms with van der Waals surface area (Å²) in [5, 5.41) is 0. The molecule has 1 aromatic heterocycles. The molecule has 1 heterocycles. The maximum absolute atomic E-state index is 5.86. The molecule has 102 valence electrons. The molecule has 2 atom stereocenters. The van der Waals surface area contributed by atoms with Gasteiger partial charge in [0.1, 0.15) is 5.82 Å².